The van der Waals surface area contributed by atoms with E-state index in [0.29, 0.717) is 0 Å². The third-order valence-electron chi connectivity index (χ3n) is 2.05. The summed E-state index contributed by atoms with van der Waals surface area (Å²) in [7, 11) is 1.64. The second-order valence-electron chi connectivity index (χ2n) is 2.99. The average Bonchev–Trinajstić information content (AvgIpc) is 2.77. The van der Waals surface area contributed by atoms with Crippen LogP contribution in [-0.4, -0.2) is 17.2 Å². The molecule has 78 valence electrons. The van der Waals surface area contributed by atoms with Crippen LogP contribution in [0.4, 0.5) is 0 Å². The van der Waals surface area contributed by atoms with Gasteiger partial charge in [-0.3, -0.25) is 0 Å². The first kappa shape index (κ1) is 10.1. The number of aliphatic hydroxyl groups excluding tert-OH is 1. The Hall–Kier alpha value is -1.39. The molecule has 2 aromatic rings. The Morgan fingerprint density at radius 1 is 1.40 bits per heavy atom. The highest BCUT2D eigenvalue weighted by Gasteiger charge is 2.08. The molecule has 0 spiro atoms. The minimum absolute atomic E-state index is 0.0345. The fraction of sp³-hybridized carbons (Fsp3) is 0.182. The van der Waals surface area contributed by atoms with Gasteiger partial charge in [0.2, 0.25) is 0 Å². The molecule has 0 aliphatic rings. The molecule has 4 heteroatoms. The van der Waals surface area contributed by atoms with Gasteiger partial charge in [-0.15, -0.1) is 11.3 Å². The van der Waals surface area contributed by atoms with E-state index in [4.69, 9.17) is 9.84 Å². The molecule has 0 saturated carbocycles. The molecule has 0 atom stereocenters. The third-order valence-corrected chi connectivity index (χ3v) is 3.06. The first-order chi connectivity index (χ1) is 7.35. The molecule has 1 heterocycles. The van der Waals surface area contributed by atoms with E-state index in [-0.39, 0.29) is 6.61 Å². The van der Waals surface area contributed by atoms with Crippen LogP contribution in [0.25, 0.3) is 10.6 Å². The number of para-hydroxylation sites is 1. The lowest BCUT2D eigenvalue weighted by molar-refractivity contribution is 0.285. The molecule has 0 fully saturated rings. The number of aromatic nitrogens is 1. The van der Waals surface area contributed by atoms with Gasteiger partial charge in [0.05, 0.1) is 24.2 Å². The number of benzene rings is 1. The third kappa shape index (κ3) is 2.00. The molecule has 0 saturated heterocycles. The van der Waals surface area contributed by atoms with Gasteiger partial charge in [0, 0.05) is 6.20 Å². The highest BCUT2D eigenvalue weighted by atomic mass is 32.1. The zero-order valence-electron chi connectivity index (χ0n) is 8.30. The molecule has 0 unspecified atom stereocenters. The Morgan fingerprint density at radius 3 is 2.87 bits per heavy atom. The van der Waals surface area contributed by atoms with Gasteiger partial charge < -0.3 is 9.84 Å². The van der Waals surface area contributed by atoms with Gasteiger partial charge in [-0.1, -0.05) is 12.1 Å². The second-order valence-corrected chi connectivity index (χ2v) is 4.11. The maximum atomic E-state index is 8.96. The standard InChI is InChI=1S/C11H11NO2S/c1-14-10-5-3-2-4-9(10)11-12-6-8(7-13)15-11/h2-6,13H,7H2,1H3. The molecular formula is C11H11NO2S. The predicted octanol–water partition coefficient (Wildman–Crippen LogP) is 2.31. The molecule has 1 aromatic heterocycles. The summed E-state index contributed by atoms with van der Waals surface area (Å²) in [4.78, 5) is 5.10. The largest absolute Gasteiger partial charge is 0.496 e. The van der Waals surface area contributed by atoms with Gasteiger partial charge >= 0.3 is 0 Å². The molecule has 1 N–H and O–H groups in total. The summed E-state index contributed by atoms with van der Waals surface area (Å²) in [6.45, 7) is 0.0345. The van der Waals surface area contributed by atoms with E-state index in [1.54, 1.807) is 13.3 Å². The van der Waals surface area contributed by atoms with Crippen molar-refractivity contribution < 1.29 is 9.84 Å². The molecule has 0 bridgehead atoms. The average molecular weight is 221 g/mol. The van der Waals surface area contributed by atoms with E-state index < -0.39 is 0 Å². The van der Waals surface area contributed by atoms with Gasteiger partial charge in [-0.2, -0.15) is 0 Å². The summed E-state index contributed by atoms with van der Waals surface area (Å²) in [6, 6.07) is 7.72. The first-order valence-electron chi connectivity index (χ1n) is 4.54. The summed E-state index contributed by atoms with van der Waals surface area (Å²) >= 11 is 1.47. The quantitative estimate of drug-likeness (QED) is 0.864. The van der Waals surface area contributed by atoms with Gasteiger partial charge in [0.15, 0.2) is 0 Å². The maximum absolute atomic E-state index is 8.96. The highest BCUT2D eigenvalue weighted by Crippen LogP contribution is 2.32. The zero-order chi connectivity index (χ0) is 10.7. The van der Waals surface area contributed by atoms with E-state index in [9.17, 15) is 0 Å². The smallest absolute Gasteiger partial charge is 0.129 e. The van der Waals surface area contributed by atoms with Crippen molar-refractivity contribution in [1.29, 1.82) is 0 Å². The molecule has 0 aliphatic heterocycles. The van der Waals surface area contributed by atoms with Crippen molar-refractivity contribution in [2.45, 2.75) is 6.61 Å². The number of ether oxygens (including phenoxy) is 1. The van der Waals surface area contributed by atoms with Crippen molar-refractivity contribution in [3.63, 3.8) is 0 Å². The first-order valence-corrected chi connectivity index (χ1v) is 5.35. The number of thiazole rings is 1. The van der Waals surface area contributed by atoms with Crippen molar-refractivity contribution >= 4 is 11.3 Å². The Kier molecular flexibility index (Phi) is 2.99. The van der Waals surface area contributed by atoms with Crippen LogP contribution in [0.3, 0.4) is 0 Å². The lowest BCUT2D eigenvalue weighted by atomic mass is 10.2. The molecule has 15 heavy (non-hydrogen) atoms. The summed E-state index contributed by atoms with van der Waals surface area (Å²) in [5.41, 5.74) is 0.963. The highest BCUT2D eigenvalue weighted by molar-refractivity contribution is 7.15. The minimum Gasteiger partial charge on any atom is -0.496 e. The number of nitrogens with zero attached hydrogens (tertiary/aromatic N) is 1. The van der Waals surface area contributed by atoms with Crippen molar-refractivity contribution in [1.82, 2.24) is 4.98 Å². The second kappa shape index (κ2) is 4.42. The number of hydrogen-bond donors (Lipinski definition) is 1. The van der Waals surface area contributed by atoms with Crippen molar-refractivity contribution in [3.8, 4) is 16.3 Å². The fourth-order valence-electron chi connectivity index (χ4n) is 1.33. The zero-order valence-corrected chi connectivity index (χ0v) is 9.12. The molecule has 0 aliphatic carbocycles. The number of methoxy groups -OCH3 is 1. The fourth-order valence-corrected chi connectivity index (χ4v) is 2.13. The van der Waals surface area contributed by atoms with Gasteiger partial charge in [-0.05, 0) is 12.1 Å². The van der Waals surface area contributed by atoms with E-state index in [1.807, 2.05) is 24.3 Å². The van der Waals surface area contributed by atoms with Crippen LogP contribution in [-0.2, 0) is 6.61 Å². The van der Waals surface area contributed by atoms with Crippen LogP contribution in [0.5, 0.6) is 5.75 Å². The summed E-state index contributed by atoms with van der Waals surface area (Å²) in [5, 5.41) is 9.84. The molecular weight excluding hydrogens is 210 g/mol. The summed E-state index contributed by atoms with van der Waals surface area (Å²) < 4.78 is 5.25. The normalized spacial score (nSPS) is 10.3. The van der Waals surface area contributed by atoms with Gasteiger partial charge in [0.25, 0.3) is 0 Å². The van der Waals surface area contributed by atoms with E-state index in [1.165, 1.54) is 11.3 Å². The minimum atomic E-state index is 0.0345. The van der Waals surface area contributed by atoms with E-state index in [0.717, 1.165) is 21.2 Å². The topological polar surface area (TPSA) is 42.4 Å². The molecule has 0 radical (unpaired) electrons. The Labute approximate surface area is 92.0 Å². The Balaban J connectivity index is 2.44. The summed E-state index contributed by atoms with van der Waals surface area (Å²) in [5.74, 6) is 0.802. The number of rotatable bonds is 3. The van der Waals surface area contributed by atoms with Crippen LogP contribution in [0.15, 0.2) is 30.5 Å². The Bertz CT molecular complexity index is 453. The predicted molar refractivity (Wildman–Crippen MR) is 60.0 cm³/mol. The van der Waals surface area contributed by atoms with Crippen molar-refractivity contribution in [2.75, 3.05) is 7.11 Å². The van der Waals surface area contributed by atoms with Gasteiger partial charge in [0.1, 0.15) is 10.8 Å². The van der Waals surface area contributed by atoms with Crippen molar-refractivity contribution in [2.24, 2.45) is 0 Å². The molecule has 1 aromatic carbocycles. The van der Waals surface area contributed by atoms with E-state index in [2.05, 4.69) is 4.98 Å². The van der Waals surface area contributed by atoms with E-state index >= 15 is 0 Å². The SMILES string of the molecule is COc1ccccc1-c1ncc(CO)s1. The van der Waals surface area contributed by atoms with Crippen LogP contribution in [0.2, 0.25) is 0 Å². The van der Waals surface area contributed by atoms with Crippen molar-refractivity contribution in [3.05, 3.63) is 35.3 Å². The molecule has 0 amide bonds. The maximum Gasteiger partial charge on any atom is 0.129 e. The van der Waals surface area contributed by atoms with Crippen LogP contribution >= 0.6 is 11.3 Å². The summed E-state index contributed by atoms with van der Waals surface area (Å²) in [6.07, 6.45) is 1.69. The van der Waals surface area contributed by atoms with Gasteiger partial charge in [-0.25, -0.2) is 4.98 Å². The monoisotopic (exact) mass is 221 g/mol. The van der Waals surface area contributed by atoms with Crippen LogP contribution in [0.1, 0.15) is 4.88 Å². The molecule has 3 nitrogen and oxygen atoms in total. The number of hydrogen-bond acceptors (Lipinski definition) is 4. The van der Waals surface area contributed by atoms with Crippen LogP contribution < -0.4 is 4.74 Å². The lowest BCUT2D eigenvalue weighted by Crippen LogP contribution is -1.86. The lowest BCUT2D eigenvalue weighted by Gasteiger charge is -2.04. The number of aliphatic hydroxyl groups is 1. The molecule has 2 rings (SSSR count). The van der Waals surface area contributed by atoms with Crippen LogP contribution in [0, 0.1) is 0 Å². The Morgan fingerprint density at radius 2 is 2.20 bits per heavy atom.